The second-order valence-electron chi connectivity index (χ2n) is 4.98. The number of aromatic nitrogens is 1. The maximum atomic E-state index is 12.3. The molecule has 0 bridgehead atoms. The molecular weight excluding hydrogens is 248 g/mol. The minimum absolute atomic E-state index is 0.0821. The number of hydrogen-bond acceptors (Lipinski definition) is 1. The zero-order valence-electron chi connectivity index (χ0n) is 11.6. The monoisotopic (exact) mass is 264 g/mol. The zero-order chi connectivity index (χ0) is 14.1. The average molecular weight is 264 g/mol. The maximum Gasteiger partial charge on any atom is 0.255 e. The summed E-state index contributed by atoms with van der Waals surface area (Å²) in [6.45, 7) is 2.06. The number of amides is 1. The molecule has 1 heterocycles. The molecular formula is C17H16N2O. The summed E-state index contributed by atoms with van der Waals surface area (Å²) >= 11 is 0. The van der Waals surface area contributed by atoms with Crippen LogP contribution in [-0.2, 0) is 7.05 Å². The fraction of sp³-hybridized carbons (Fsp3) is 0.118. The highest BCUT2D eigenvalue weighted by Crippen LogP contribution is 2.21. The van der Waals surface area contributed by atoms with E-state index < -0.39 is 0 Å². The van der Waals surface area contributed by atoms with Gasteiger partial charge in [-0.15, -0.1) is 0 Å². The summed E-state index contributed by atoms with van der Waals surface area (Å²) in [5.41, 5.74) is 3.80. The normalized spacial score (nSPS) is 10.7. The van der Waals surface area contributed by atoms with Gasteiger partial charge in [0.2, 0.25) is 0 Å². The number of anilines is 1. The van der Waals surface area contributed by atoms with E-state index in [2.05, 4.69) is 23.0 Å². The van der Waals surface area contributed by atoms with Gasteiger partial charge in [0.1, 0.15) is 0 Å². The van der Waals surface area contributed by atoms with E-state index in [0.29, 0.717) is 5.56 Å². The summed E-state index contributed by atoms with van der Waals surface area (Å²) in [6, 6.07) is 15.3. The number of hydrogen-bond donors (Lipinski definition) is 1. The molecule has 0 radical (unpaired) electrons. The van der Waals surface area contributed by atoms with Crippen molar-refractivity contribution in [2.24, 2.45) is 7.05 Å². The van der Waals surface area contributed by atoms with Gasteiger partial charge in [0.05, 0.1) is 0 Å². The van der Waals surface area contributed by atoms with Crippen LogP contribution in [0.2, 0.25) is 0 Å². The van der Waals surface area contributed by atoms with Gasteiger partial charge >= 0.3 is 0 Å². The molecule has 100 valence electrons. The maximum absolute atomic E-state index is 12.3. The lowest BCUT2D eigenvalue weighted by atomic mass is 10.1. The van der Waals surface area contributed by atoms with E-state index in [1.54, 1.807) is 0 Å². The second kappa shape index (κ2) is 4.85. The van der Waals surface area contributed by atoms with Crippen molar-refractivity contribution in [1.29, 1.82) is 0 Å². The molecule has 3 rings (SSSR count). The quantitative estimate of drug-likeness (QED) is 0.751. The second-order valence-corrected chi connectivity index (χ2v) is 4.98. The zero-order valence-corrected chi connectivity index (χ0v) is 11.6. The first kappa shape index (κ1) is 12.5. The van der Waals surface area contributed by atoms with Gasteiger partial charge in [-0.25, -0.2) is 0 Å². The first-order valence-corrected chi connectivity index (χ1v) is 6.57. The van der Waals surface area contributed by atoms with Crippen molar-refractivity contribution in [2.75, 3.05) is 5.32 Å². The Morgan fingerprint density at radius 2 is 1.85 bits per heavy atom. The Kier molecular flexibility index (Phi) is 3.03. The fourth-order valence-corrected chi connectivity index (χ4v) is 2.46. The molecule has 2 aromatic carbocycles. The Hall–Kier alpha value is -2.55. The summed E-state index contributed by atoms with van der Waals surface area (Å²) in [6.07, 6.45) is 2.07. The number of carbonyl (C=O) groups excluding carboxylic acids is 1. The number of rotatable bonds is 2. The summed E-state index contributed by atoms with van der Waals surface area (Å²) in [5, 5.41) is 4.02. The van der Waals surface area contributed by atoms with Crippen molar-refractivity contribution in [3.63, 3.8) is 0 Å². The largest absolute Gasteiger partial charge is 0.350 e. The third-order valence-corrected chi connectivity index (χ3v) is 3.48. The molecule has 0 fully saturated rings. The highest BCUT2D eigenvalue weighted by Gasteiger charge is 2.09. The molecule has 0 saturated heterocycles. The highest BCUT2D eigenvalue weighted by atomic mass is 16.1. The van der Waals surface area contributed by atoms with Gasteiger partial charge in [0.25, 0.3) is 5.91 Å². The molecule has 1 aromatic heterocycles. The Morgan fingerprint density at radius 1 is 1.10 bits per heavy atom. The van der Waals surface area contributed by atoms with Gasteiger partial charge in [0.15, 0.2) is 0 Å². The molecule has 0 aliphatic carbocycles. The van der Waals surface area contributed by atoms with Crippen LogP contribution in [0.15, 0.2) is 54.7 Å². The van der Waals surface area contributed by atoms with E-state index in [1.165, 1.54) is 5.56 Å². The third-order valence-electron chi connectivity index (χ3n) is 3.48. The lowest BCUT2D eigenvalue weighted by Crippen LogP contribution is -2.11. The molecule has 0 aliphatic rings. The van der Waals surface area contributed by atoms with Gasteiger partial charge in [-0.3, -0.25) is 4.79 Å². The SMILES string of the molecule is Cc1cn(C)c2ccc(C(=O)Nc3ccccc3)cc12. The van der Waals surface area contributed by atoms with E-state index >= 15 is 0 Å². The van der Waals surface area contributed by atoms with Crippen LogP contribution in [0.3, 0.4) is 0 Å². The van der Waals surface area contributed by atoms with Crippen molar-refractivity contribution in [3.05, 3.63) is 65.9 Å². The summed E-state index contributed by atoms with van der Waals surface area (Å²) < 4.78 is 2.07. The molecule has 0 spiro atoms. The Labute approximate surface area is 117 Å². The Morgan fingerprint density at radius 3 is 2.60 bits per heavy atom. The summed E-state index contributed by atoms with van der Waals surface area (Å²) in [5.74, 6) is -0.0821. The number of carbonyl (C=O) groups is 1. The minimum atomic E-state index is -0.0821. The van der Waals surface area contributed by atoms with E-state index in [4.69, 9.17) is 0 Å². The van der Waals surface area contributed by atoms with Crippen LogP contribution >= 0.6 is 0 Å². The predicted molar refractivity (Wildman–Crippen MR) is 82.1 cm³/mol. The topological polar surface area (TPSA) is 34.0 Å². The molecule has 0 saturated carbocycles. The van der Waals surface area contributed by atoms with Crippen LogP contribution < -0.4 is 5.32 Å². The first-order chi connectivity index (χ1) is 9.65. The number of benzene rings is 2. The predicted octanol–water partition coefficient (Wildman–Crippen LogP) is 3.74. The molecule has 3 nitrogen and oxygen atoms in total. The standard InChI is InChI=1S/C17H16N2O/c1-12-11-19(2)16-9-8-13(10-15(12)16)17(20)18-14-6-4-3-5-7-14/h3-11H,1-2H3,(H,18,20). The van der Waals surface area contributed by atoms with Crippen LogP contribution in [0.25, 0.3) is 10.9 Å². The van der Waals surface area contributed by atoms with E-state index in [1.807, 2.05) is 55.6 Å². The van der Waals surface area contributed by atoms with Crippen molar-refractivity contribution in [2.45, 2.75) is 6.92 Å². The lowest BCUT2D eigenvalue weighted by Gasteiger charge is -2.05. The number of nitrogens with zero attached hydrogens (tertiary/aromatic N) is 1. The number of para-hydroxylation sites is 1. The molecule has 20 heavy (non-hydrogen) atoms. The van der Waals surface area contributed by atoms with Crippen molar-refractivity contribution < 1.29 is 4.79 Å². The Bertz CT molecular complexity index is 772. The third kappa shape index (κ3) is 2.18. The number of aryl methyl sites for hydroxylation is 2. The van der Waals surface area contributed by atoms with Crippen LogP contribution in [0, 0.1) is 6.92 Å². The van der Waals surface area contributed by atoms with E-state index in [0.717, 1.165) is 16.6 Å². The first-order valence-electron chi connectivity index (χ1n) is 6.57. The molecule has 3 aromatic rings. The highest BCUT2D eigenvalue weighted by molar-refractivity contribution is 6.06. The van der Waals surface area contributed by atoms with E-state index in [9.17, 15) is 4.79 Å². The molecule has 0 unspecified atom stereocenters. The average Bonchev–Trinajstić information content (AvgIpc) is 2.75. The van der Waals surface area contributed by atoms with Crippen molar-refractivity contribution in [1.82, 2.24) is 4.57 Å². The van der Waals surface area contributed by atoms with Gasteiger partial charge < -0.3 is 9.88 Å². The molecule has 3 heteroatoms. The number of fused-ring (bicyclic) bond motifs is 1. The van der Waals surface area contributed by atoms with E-state index in [-0.39, 0.29) is 5.91 Å². The molecule has 0 aliphatic heterocycles. The van der Waals surface area contributed by atoms with Crippen LogP contribution in [0.5, 0.6) is 0 Å². The minimum Gasteiger partial charge on any atom is -0.350 e. The number of nitrogens with one attached hydrogen (secondary N) is 1. The smallest absolute Gasteiger partial charge is 0.255 e. The van der Waals surface area contributed by atoms with Crippen LogP contribution in [0.1, 0.15) is 15.9 Å². The molecule has 1 N–H and O–H groups in total. The van der Waals surface area contributed by atoms with Crippen molar-refractivity contribution in [3.8, 4) is 0 Å². The van der Waals surface area contributed by atoms with Gasteiger partial charge in [-0.05, 0) is 42.8 Å². The lowest BCUT2D eigenvalue weighted by molar-refractivity contribution is 0.102. The molecule has 0 atom stereocenters. The van der Waals surface area contributed by atoms with Gasteiger partial charge in [-0.1, -0.05) is 18.2 Å². The fourth-order valence-electron chi connectivity index (χ4n) is 2.46. The summed E-state index contributed by atoms with van der Waals surface area (Å²) in [4.78, 5) is 12.3. The van der Waals surface area contributed by atoms with Crippen LogP contribution in [0.4, 0.5) is 5.69 Å². The summed E-state index contributed by atoms with van der Waals surface area (Å²) in [7, 11) is 2.01. The van der Waals surface area contributed by atoms with Gasteiger partial charge in [0, 0.05) is 35.4 Å². The van der Waals surface area contributed by atoms with Crippen LogP contribution in [-0.4, -0.2) is 10.5 Å². The van der Waals surface area contributed by atoms with Crippen molar-refractivity contribution >= 4 is 22.5 Å². The Balaban J connectivity index is 1.94. The molecule has 1 amide bonds. The van der Waals surface area contributed by atoms with Gasteiger partial charge in [-0.2, -0.15) is 0 Å².